The first-order valence-corrected chi connectivity index (χ1v) is 13.0. The molecule has 190 valence electrons. The number of likely N-dealkylation sites (tertiary alicyclic amines) is 2. The molecule has 35 heavy (non-hydrogen) atoms. The van der Waals surface area contributed by atoms with Crippen LogP contribution in [0.1, 0.15) is 49.7 Å². The van der Waals surface area contributed by atoms with Crippen molar-refractivity contribution in [3.63, 3.8) is 0 Å². The van der Waals surface area contributed by atoms with Crippen molar-refractivity contribution in [2.45, 2.75) is 57.6 Å². The van der Waals surface area contributed by atoms with Crippen molar-refractivity contribution in [3.05, 3.63) is 59.7 Å². The van der Waals surface area contributed by atoms with Gasteiger partial charge >= 0.3 is 0 Å². The fourth-order valence-corrected chi connectivity index (χ4v) is 5.02. The Morgan fingerprint density at radius 2 is 1.80 bits per heavy atom. The molecule has 1 amide bonds. The molecule has 0 unspecified atom stereocenters. The van der Waals surface area contributed by atoms with Crippen LogP contribution in [0.15, 0.2) is 48.5 Å². The summed E-state index contributed by atoms with van der Waals surface area (Å²) in [6.07, 6.45) is 5.58. The van der Waals surface area contributed by atoms with Gasteiger partial charge in [0, 0.05) is 39.7 Å². The molecule has 2 aliphatic heterocycles. The second-order valence-electron chi connectivity index (χ2n) is 9.95. The van der Waals surface area contributed by atoms with Crippen LogP contribution in [-0.2, 0) is 16.1 Å². The topological polar surface area (TPSA) is 51.2 Å². The van der Waals surface area contributed by atoms with Crippen LogP contribution >= 0.6 is 0 Å². The van der Waals surface area contributed by atoms with Crippen molar-refractivity contribution < 1.29 is 19.0 Å². The van der Waals surface area contributed by atoms with Gasteiger partial charge in [0.15, 0.2) is 0 Å². The van der Waals surface area contributed by atoms with E-state index in [4.69, 9.17) is 14.2 Å². The highest BCUT2D eigenvalue weighted by Gasteiger charge is 2.33. The number of ether oxygens (including phenoxy) is 3. The fourth-order valence-electron chi connectivity index (χ4n) is 5.02. The second kappa shape index (κ2) is 12.4. The highest BCUT2D eigenvalue weighted by atomic mass is 16.5. The number of rotatable bonds is 11. The average molecular weight is 481 g/mol. The lowest BCUT2D eigenvalue weighted by molar-refractivity contribution is -0.127. The third-order valence-corrected chi connectivity index (χ3v) is 7.26. The van der Waals surface area contributed by atoms with Gasteiger partial charge in [0.1, 0.15) is 23.7 Å². The van der Waals surface area contributed by atoms with Gasteiger partial charge in [0.05, 0.1) is 6.61 Å². The van der Waals surface area contributed by atoms with Crippen LogP contribution in [0.5, 0.6) is 11.5 Å². The largest absolute Gasteiger partial charge is 0.494 e. The highest BCUT2D eigenvalue weighted by Crippen LogP contribution is 2.28. The molecule has 0 bridgehead atoms. The van der Waals surface area contributed by atoms with Gasteiger partial charge in [-0.15, -0.1) is 0 Å². The SMILES string of the molecule is CO[C@]1(COc2ccc(C)cc2)CCCN(Cc2cccc(OCCCN3CCCC3=O)c2)CC1. The van der Waals surface area contributed by atoms with Crippen LogP contribution < -0.4 is 9.47 Å². The van der Waals surface area contributed by atoms with E-state index in [0.717, 1.165) is 76.3 Å². The number of methoxy groups -OCH3 is 1. The minimum atomic E-state index is -0.249. The van der Waals surface area contributed by atoms with Gasteiger partial charge in [-0.3, -0.25) is 9.69 Å². The molecular formula is C29H40N2O4. The summed E-state index contributed by atoms with van der Waals surface area (Å²) in [4.78, 5) is 16.2. The minimum absolute atomic E-state index is 0.249. The molecule has 6 heteroatoms. The van der Waals surface area contributed by atoms with Crippen molar-refractivity contribution in [3.8, 4) is 11.5 Å². The van der Waals surface area contributed by atoms with Crippen LogP contribution in [0.4, 0.5) is 0 Å². The summed E-state index contributed by atoms with van der Waals surface area (Å²) in [6, 6.07) is 16.6. The molecule has 0 aromatic heterocycles. The third-order valence-electron chi connectivity index (χ3n) is 7.26. The number of nitrogens with zero attached hydrogens (tertiary/aromatic N) is 2. The summed E-state index contributed by atoms with van der Waals surface area (Å²) in [5, 5.41) is 0. The zero-order valence-corrected chi connectivity index (χ0v) is 21.3. The fraction of sp³-hybridized carbons (Fsp3) is 0.552. The predicted molar refractivity (Wildman–Crippen MR) is 138 cm³/mol. The molecule has 2 heterocycles. The van der Waals surface area contributed by atoms with E-state index in [9.17, 15) is 4.79 Å². The summed E-state index contributed by atoms with van der Waals surface area (Å²) < 4.78 is 18.1. The maximum atomic E-state index is 11.7. The van der Waals surface area contributed by atoms with Gasteiger partial charge in [-0.2, -0.15) is 0 Å². The van der Waals surface area contributed by atoms with Crippen molar-refractivity contribution in [1.29, 1.82) is 0 Å². The lowest BCUT2D eigenvalue weighted by Crippen LogP contribution is -2.39. The molecule has 2 aromatic carbocycles. The van der Waals surface area contributed by atoms with E-state index >= 15 is 0 Å². The number of carbonyl (C=O) groups is 1. The maximum absolute atomic E-state index is 11.7. The monoisotopic (exact) mass is 480 g/mol. The molecule has 2 fully saturated rings. The number of benzene rings is 2. The molecule has 2 aliphatic rings. The van der Waals surface area contributed by atoms with Crippen LogP contribution in [0, 0.1) is 6.92 Å². The first-order chi connectivity index (χ1) is 17.0. The Morgan fingerprint density at radius 1 is 0.943 bits per heavy atom. The number of aryl methyl sites for hydroxylation is 1. The smallest absolute Gasteiger partial charge is 0.222 e. The molecule has 4 rings (SSSR count). The zero-order chi connectivity index (χ0) is 24.5. The van der Waals surface area contributed by atoms with Gasteiger partial charge in [-0.05, 0) is 75.4 Å². The van der Waals surface area contributed by atoms with E-state index in [1.165, 1.54) is 11.1 Å². The number of hydrogen-bond acceptors (Lipinski definition) is 5. The first kappa shape index (κ1) is 25.5. The van der Waals surface area contributed by atoms with Crippen molar-refractivity contribution >= 4 is 5.91 Å². The Balaban J connectivity index is 1.24. The average Bonchev–Trinajstić information content (AvgIpc) is 3.17. The Kier molecular flexibility index (Phi) is 9.05. The summed E-state index contributed by atoms with van der Waals surface area (Å²) >= 11 is 0. The summed E-state index contributed by atoms with van der Waals surface area (Å²) in [7, 11) is 1.81. The predicted octanol–water partition coefficient (Wildman–Crippen LogP) is 4.84. The quantitative estimate of drug-likeness (QED) is 0.431. The van der Waals surface area contributed by atoms with Crippen LogP contribution in [-0.4, -0.2) is 67.8 Å². The molecule has 0 spiro atoms. The van der Waals surface area contributed by atoms with Crippen LogP contribution in [0.25, 0.3) is 0 Å². The summed E-state index contributed by atoms with van der Waals surface area (Å²) in [5.74, 6) is 2.09. The zero-order valence-electron chi connectivity index (χ0n) is 21.3. The molecule has 2 saturated heterocycles. The molecule has 6 nitrogen and oxygen atoms in total. The van der Waals surface area contributed by atoms with Gasteiger partial charge in [0.2, 0.25) is 5.91 Å². The second-order valence-corrected chi connectivity index (χ2v) is 9.95. The van der Waals surface area contributed by atoms with Gasteiger partial charge in [0.25, 0.3) is 0 Å². The Labute approximate surface area is 210 Å². The minimum Gasteiger partial charge on any atom is -0.494 e. The number of amides is 1. The van der Waals surface area contributed by atoms with E-state index in [2.05, 4.69) is 42.2 Å². The summed E-state index contributed by atoms with van der Waals surface area (Å²) in [6.45, 7) is 7.90. The van der Waals surface area contributed by atoms with E-state index in [1.54, 1.807) is 0 Å². The molecular weight excluding hydrogens is 440 g/mol. The van der Waals surface area contributed by atoms with Crippen LogP contribution in [0.3, 0.4) is 0 Å². The van der Waals surface area contributed by atoms with E-state index in [-0.39, 0.29) is 11.5 Å². The first-order valence-electron chi connectivity index (χ1n) is 13.0. The van der Waals surface area contributed by atoms with Gasteiger partial charge in [-0.25, -0.2) is 0 Å². The highest BCUT2D eigenvalue weighted by molar-refractivity contribution is 5.77. The standard InChI is InChI=1S/C29H40N2O4/c1-24-10-12-26(13-11-24)35-23-29(33-2)14-5-16-30(19-15-29)22-25-7-3-8-27(21-25)34-20-6-18-31-17-4-9-28(31)32/h3,7-8,10-13,21H,4-6,9,14-20,22-23H2,1-2H3/t29-/m1/s1. The van der Waals surface area contributed by atoms with E-state index < -0.39 is 0 Å². The van der Waals surface area contributed by atoms with Crippen molar-refractivity contribution in [2.24, 2.45) is 0 Å². The summed E-state index contributed by atoms with van der Waals surface area (Å²) in [5.41, 5.74) is 2.25. The third kappa shape index (κ3) is 7.45. The number of carbonyl (C=O) groups excluding carboxylic acids is 1. The van der Waals surface area contributed by atoms with E-state index in [1.807, 2.05) is 30.2 Å². The number of hydrogen-bond donors (Lipinski definition) is 0. The molecule has 0 radical (unpaired) electrons. The maximum Gasteiger partial charge on any atom is 0.222 e. The van der Waals surface area contributed by atoms with Gasteiger partial charge in [-0.1, -0.05) is 29.8 Å². The van der Waals surface area contributed by atoms with Crippen molar-refractivity contribution in [2.75, 3.05) is 46.5 Å². The Bertz CT molecular complexity index is 948. The molecule has 0 aliphatic carbocycles. The molecule has 2 aromatic rings. The Morgan fingerprint density at radius 3 is 2.57 bits per heavy atom. The van der Waals surface area contributed by atoms with Crippen molar-refractivity contribution in [1.82, 2.24) is 9.80 Å². The molecule has 0 saturated carbocycles. The van der Waals surface area contributed by atoms with Gasteiger partial charge < -0.3 is 19.1 Å². The lowest BCUT2D eigenvalue weighted by atomic mass is 9.95. The normalized spacial score (nSPS) is 21.2. The van der Waals surface area contributed by atoms with E-state index in [0.29, 0.717) is 19.6 Å². The molecule has 0 N–H and O–H groups in total. The van der Waals surface area contributed by atoms with Crippen LogP contribution in [0.2, 0.25) is 0 Å². The molecule has 1 atom stereocenters. The lowest BCUT2D eigenvalue weighted by Gasteiger charge is -2.31. The Hall–Kier alpha value is -2.57.